The van der Waals surface area contributed by atoms with Gasteiger partial charge in [0.2, 0.25) is 0 Å². The van der Waals surface area contributed by atoms with Gasteiger partial charge in [-0.15, -0.1) is 0 Å². The van der Waals surface area contributed by atoms with Crippen molar-refractivity contribution in [1.29, 1.82) is 0 Å². The molecule has 1 saturated carbocycles. The Bertz CT molecular complexity index is 1390. The maximum Gasteiger partial charge on any atom is 0.412 e. The zero-order chi connectivity index (χ0) is 28.5. The molecule has 1 N–H and O–H groups in total. The fourth-order valence-electron chi connectivity index (χ4n) is 4.97. The molecule has 2 heterocycles. The van der Waals surface area contributed by atoms with Crippen LogP contribution in [0.2, 0.25) is 0 Å². The van der Waals surface area contributed by atoms with Crippen molar-refractivity contribution in [2.75, 3.05) is 5.32 Å². The lowest BCUT2D eigenvalue weighted by Crippen LogP contribution is -2.29. The van der Waals surface area contributed by atoms with Gasteiger partial charge in [-0.2, -0.15) is 5.10 Å². The number of nitrogens with one attached hydrogen (secondary N) is 1. The first kappa shape index (κ1) is 28.1. The summed E-state index contributed by atoms with van der Waals surface area (Å²) in [6, 6.07) is 9.22. The van der Waals surface area contributed by atoms with Crippen molar-refractivity contribution in [3.63, 3.8) is 0 Å². The summed E-state index contributed by atoms with van der Waals surface area (Å²) in [6.45, 7) is 21.4. The highest BCUT2D eigenvalue weighted by Crippen LogP contribution is 2.50. The quantitative estimate of drug-likeness (QED) is 0.307. The van der Waals surface area contributed by atoms with Gasteiger partial charge >= 0.3 is 6.09 Å². The molecule has 0 spiro atoms. The minimum Gasteiger partial charge on any atom is -0.444 e. The summed E-state index contributed by atoms with van der Waals surface area (Å²) in [6.07, 6.45) is 1.99. The van der Waals surface area contributed by atoms with E-state index in [1.165, 1.54) is 0 Å². The molecule has 0 aliphatic heterocycles. The second kappa shape index (κ2) is 10.7. The van der Waals surface area contributed by atoms with E-state index in [2.05, 4.69) is 34.3 Å². The number of Topliss-reactive ketones (excluding diaryl/α,β-unsaturated/α-hetero) is 1. The lowest BCUT2D eigenvalue weighted by molar-refractivity contribution is -0.117. The van der Waals surface area contributed by atoms with Crippen LogP contribution in [0.5, 0.6) is 0 Å². The highest BCUT2D eigenvalue weighted by molar-refractivity contribution is 5.93. The highest BCUT2D eigenvalue weighted by Gasteiger charge is 2.39. The average molecular weight is 532 g/mol. The first-order valence-corrected chi connectivity index (χ1v) is 13.3. The lowest BCUT2D eigenvalue weighted by Gasteiger charge is -2.41. The standard InChI is InChI=1S/C30H37N5O4/c1-18(2)35-27(32-28(37)38-29(3,4)5)26(31-8)25(33-35)20-11-9-19(10-12-20)13-23(36)14-22-15-24(39-34-22)21-16-30(6,7)17-21/h9-12,15,18,21H,13-14,16-17H2,1-7H3,(H,32,37). The molecular weight excluding hydrogens is 494 g/mol. The molecule has 0 bridgehead atoms. The summed E-state index contributed by atoms with van der Waals surface area (Å²) in [5, 5.41) is 11.4. The van der Waals surface area contributed by atoms with E-state index >= 15 is 0 Å². The minimum absolute atomic E-state index is 0.0475. The Labute approximate surface area is 229 Å². The molecule has 1 aromatic carbocycles. The van der Waals surface area contributed by atoms with Crippen LogP contribution in [0.4, 0.5) is 16.3 Å². The molecule has 206 valence electrons. The van der Waals surface area contributed by atoms with Gasteiger partial charge in [-0.05, 0) is 64.0 Å². The summed E-state index contributed by atoms with van der Waals surface area (Å²) in [5.74, 6) is 1.61. The van der Waals surface area contributed by atoms with Crippen LogP contribution < -0.4 is 5.32 Å². The van der Waals surface area contributed by atoms with E-state index < -0.39 is 11.7 Å². The number of aromatic nitrogens is 3. The molecule has 0 saturated heterocycles. The molecule has 9 heteroatoms. The van der Waals surface area contributed by atoms with Crippen LogP contribution in [0.15, 0.2) is 34.9 Å². The number of rotatable bonds is 8. The van der Waals surface area contributed by atoms with Crippen molar-refractivity contribution in [1.82, 2.24) is 14.9 Å². The smallest absolute Gasteiger partial charge is 0.412 e. The molecule has 2 aromatic heterocycles. The molecule has 1 aliphatic rings. The van der Waals surface area contributed by atoms with Crippen LogP contribution in [0.3, 0.4) is 0 Å². The van der Waals surface area contributed by atoms with E-state index in [1.54, 1.807) is 25.5 Å². The number of nitrogens with zero attached hydrogens (tertiary/aromatic N) is 4. The third-order valence-electron chi connectivity index (χ3n) is 6.69. The minimum atomic E-state index is -0.676. The number of carbonyl (C=O) groups is 2. The van der Waals surface area contributed by atoms with Crippen LogP contribution in [-0.2, 0) is 22.4 Å². The number of hydrogen-bond donors (Lipinski definition) is 1. The van der Waals surface area contributed by atoms with Crippen molar-refractivity contribution in [3.05, 3.63) is 58.8 Å². The van der Waals surface area contributed by atoms with Gasteiger partial charge < -0.3 is 9.26 Å². The maximum atomic E-state index is 12.7. The van der Waals surface area contributed by atoms with Gasteiger partial charge in [0.25, 0.3) is 5.69 Å². The number of hydrogen-bond acceptors (Lipinski definition) is 6. The molecule has 9 nitrogen and oxygen atoms in total. The lowest BCUT2D eigenvalue weighted by atomic mass is 9.64. The van der Waals surface area contributed by atoms with Crippen molar-refractivity contribution in [2.24, 2.45) is 5.41 Å². The predicted octanol–water partition coefficient (Wildman–Crippen LogP) is 7.27. The van der Waals surface area contributed by atoms with Crippen molar-refractivity contribution >= 4 is 23.4 Å². The van der Waals surface area contributed by atoms with Crippen LogP contribution >= 0.6 is 0 Å². The Morgan fingerprint density at radius 3 is 2.44 bits per heavy atom. The zero-order valence-corrected chi connectivity index (χ0v) is 23.8. The van der Waals surface area contributed by atoms with Gasteiger partial charge in [0, 0.05) is 24.4 Å². The molecule has 1 aliphatic carbocycles. The summed E-state index contributed by atoms with van der Waals surface area (Å²) >= 11 is 0. The Balaban J connectivity index is 1.45. The largest absolute Gasteiger partial charge is 0.444 e. The number of amides is 1. The topological polar surface area (TPSA) is 104 Å². The van der Waals surface area contributed by atoms with Gasteiger partial charge in [-0.3, -0.25) is 14.8 Å². The Hall–Kier alpha value is -3.93. The molecular formula is C30H37N5O4. The summed E-state index contributed by atoms with van der Waals surface area (Å²) in [4.78, 5) is 28.9. The first-order valence-electron chi connectivity index (χ1n) is 13.3. The Morgan fingerprint density at radius 2 is 1.87 bits per heavy atom. The van der Waals surface area contributed by atoms with E-state index in [0.717, 1.165) is 24.2 Å². The van der Waals surface area contributed by atoms with Crippen LogP contribution in [0, 0.1) is 12.0 Å². The molecule has 0 unspecified atom stereocenters. The van der Waals surface area contributed by atoms with Gasteiger partial charge in [-0.25, -0.2) is 9.64 Å². The van der Waals surface area contributed by atoms with E-state index in [1.807, 2.05) is 44.2 Å². The third-order valence-corrected chi connectivity index (χ3v) is 6.69. The van der Waals surface area contributed by atoms with Gasteiger partial charge in [0.1, 0.15) is 28.7 Å². The van der Waals surface area contributed by atoms with E-state index in [9.17, 15) is 9.59 Å². The highest BCUT2D eigenvalue weighted by atomic mass is 16.6. The number of anilines is 1. The fraction of sp³-hybridized carbons (Fsp3) is 0.500. The monoisotopic (exact) mass is 531 g/mol. The molecule has 1 amide bonds. The van der Waals surface area contributed by atoms with E-state index in [0.29, 0.717) is 34.1 Å². The Morgan fingerprint density at radius 1 is 1.21 bits per heavy atom. The van der Waals surface area contributed by atoms with Gasteiger partial charge in [-0.1, -0.05) is 43.3 Å². The normalized spacial score (nSPS) is 15.1. The number of ether oxygens (including phenoxy) is 1. The summed E-state index contributed by atoms with van der Waals surface area (Å²) in [7, 11) is 0. The van der Waals surface area contributed by atoms with E-state index in [-0.39, 0.29) is 30.4 Å². The second-order valence-electron chi connectivity index (χ2n) is 12.4. The second-order valence-corrected chi connectivity index (χ2v) is 12.4. The van der Waals surface area contributed by atoms with E-state index in [4.69, 9.17) is 15.8 Å². The maximum absolute atomic E-state index is 12.7. The molecule has 0 atom stereocenters. The SMILES string of the molecule is [C-]#[N+]c1c(-c2ccc(CC(=O)Cc3cc(C4CC(C)(C)C4)on3)cc2)nn(C(C)C)c1NC(=O)OC(C)(C)C. The van der Waals surface area contributed by atoms with Gasteiger partial charge in [0.05, 0.1) is 18.7 Å². The molecule has 0 radical (unpaired) electrons. The fourth-order valence-corrected chi connectivity index (χ4v) is 4.97. The average Bonchev–Trinajstić information content (AvgIpc) is 3.41. The number of ketones is 1. The van der Waals surface area contributed by atoms with Crippen LogP contribution in [-0.4, -0.2) is 32.4 Å². The summed E-state index contributed by atoms with van der Waals surface area (Å²) in [5.41, 5.74) is 2.60. The number of carbonyl (C=O) groups excluding carboxylic acids is 2. The van der Waals surface area contributed by atoms with Crippen LogP contribution in [0.1, 0.15) is 90.3 Å². The van der Waals surface area contributed by atoms with Crippen LogP contribution in [0.25, 0.3) is 16.1 Å². The molecule has 3 aromatic rings. The molecule has 39 heavy (non-hydrogen) atoms. The number of benzene rings is 1. The zero-order valence-electron chi connectivity index (χ0n) is 23.8. The Kier molecular flexibility index (Phi) is 7.69. The predicted molar refractivity (Wildman–Crippen MR) is 149 cm³/mol. The first-order chi connectivity index (χ1) is 18.2. The third kappa shape index (κ3) is 6.75. The molecule has 1 fully saturated rings. The molecule has 4 rings (SSSR count). The van der Waals surface area contributed by atoms with Crippen molar-refractivity contribution in [3.8, 4) is 11.3 Å². The summed E-state index contributed by atoms with van der Waals surface area (Å²) < 4.78 is 12.5. The van der Waals surface area contributed by atoms with Crippen molar-refractivity contribution in [2.45, 2.75) is 91.7 Å². The van der Waals surface area contributed by atoms with Gasteiger partial charge in [0.15, 0.2) is 0 Å². The van der Waals surface area contributed by atoms with Crippen molar-refractivity contribution < 1.29 is 18.8 Å².